The van der Waals surface area contributed by atoms with E-state index >= 15 is 0 Å². The molecule has 0 aromatic heterocycles. The average molecular weight is 488 g/mol. The maximum Gasteiger partial charge on any atom is 0.133 e. The van der Waals surface area contributed by atoms with Crippen LogP contribution in [0.2, 0.25) is 0 Å². The summed E-state index contributed by atoms with van der Waals surface area (Å²) < 4.78 is 2.08. The molecule has 1 aromatic rings. The number of aromatic hydroxyl groups is 1. The van der Waals surface area contributed by atoms with Gasteiger partial charge in [0, 0.05) is 48.4 Å². The van der Waals surface area contributed by atoms with Crippen molar-refractivity contribution in [3.05, 3.63) is 24.8 Å². The number of phenolic OH excluding ortho intramolecular Hbond substituents is 1. The van der Waals surface area contributed by atoms with Crippen molar-refractivity contribution >= 4 is 45.2 Å². The number of phenols is 1. The number of nitrogens with zero attached hydrogens (tertiary/aromatic N) is 2. The van der Waals surface area contributed by atoms with Gasteiger partial charge in [0.1, 0.15) is 5.75 Å². The molecule has 0 aliphatic carbocycles. The number of piperazine rings is 1. The fourth-order valence-electron chi connectivity index (χ4n) is 2.29. The third-order valence-electron chi connectivity index (χ3n) is 3.38. The molecule has 0 bridgehead atoms. The zero-order valence-electron chi connectivity index (χ0n) is 10.6. The first-order chi connectivity index (χ1) is 9.10. The number of benzene rings is 1. The molecule has 0 amide bonds. The molecule has 1 fully saturated rings. The second kappa shape index (κ2) is 7.39. The van der Waals surface area contributed by atoms with Crippen LogP contribution < -0.4 is 0 Å². The Bertz CT molecular complexity index is 435. The van der Waals surface area contributed by atoms with Crippen LogP contribution in [0.4, 0.5) is 0 Å². The predicted molar refractivity (Wildman–Crippen MR) is 92.3 cm³/mol. The molecule has 1 saturated heterocycles. The first kappa shape index (κ1) is 15.7. The zero-order valence-corrected chi connectivity index (χ0v) is 15.0. The molecule has 1 aliphatic rings. The van der Waals surface area contributed by atoms with Gasteiger partial charge in [0.05, 0.1) is 10.2 Å². The van der Waals surface area contributed by atoms with Crippen molar-refractivity contribution in [2.45, 2.75) is 6.54 Å². The van der Waals surface area contributed by atoms with E-state index in [4.69, 9.17) is 5.11 Å². The van der Waals surface area contributed by atoms with Crippen molar-refractivity contribution in [3.8, 4) is 5.75 Å². The lowest BCUT2D eigenvalue weighted by atomic mass is 10.1. The minimum atomic E-state index is 0.232. The molecule has 2 N–H and O–H groups in total. The van der Waals surface area contributed by atoms with Crippen LogP contribution in [-0.2, 0) is 6.54 Å². The Labute approximate surface area is 141 Å². The molecule has 6 heteroatoms. The largest absolute Gasteiger partial charge is 0.507 e. The van der Waals surface area contributed by atoms with Crippen molar-refractivity contribution in [3.63, 3.8) is 0 Å². The van der Waals surface area contributed by atoms with E-state index in [2.05, 4.69) is 61.0 Å². The lowest BCUT2D eigenvalue weighted by Crippen LogP contribution is -2.46. The smallest absolute Gasteiger partial charge is 0.133 e. The number of rotatable bonds is 4. The molecule has 0 unspecified atom stereocenters. The number of aliphatic hydroxyl groups excluding tert-OH is 1. The highest BCUT2D eigenvalue weighted by Crippen LogP contribution is 2.28. The molecule has 2 rings (SSSR count). The molecule has 106 valence electrons. The molecule has 4 nitrogen and oxygen atoms in total. The summed E-state index contributed by atoms with van der Waals surface area (Å²) in [6.45, 7) is 5.75. The van der Waals surface area contributed by atoms with E-state index in [0.29, 0.717) is 5.75 Å². The van der Waals surface area contributed by atoms with E-state index in [1.54, 1.807) is 0 Å². The van der Waals surface area contributed by atoms with Gasteiger partial charge in [-0.2, -0.15) is 0 Å². The third-order valence-corrected chi connectivity index (χ3v) is 4.83. The van der Waals surface area contributed by atoms with E-state index < -0.39 is 0 Å². The van der Waals surface area contributed by atoms with Gasteiger partial charge in [-0.1, -0.05) is 0 Å². The van der Waals surface area contributed by atoms with Crippen LogP contribution in [0, 0.1) is 7.14 Å². The van der Waals surface area contributed by atoms with E-state index in [1.165, 1.54) is 0 Å². The zero-order chi connectivity index (χ0) is 13.8. The third kappa shape index (κ3) is 4.42. The van der Waals surface area contributed by atoms with Crippen LogP contribution in [-0.4, -0.2) is 59.3 Å². The Kier molecular flexibility index (Phi) is 6.12. The number of hydrogen-bond acceptors (Lipinski definition) is 4. The second-order valence-corrected chi connectivity index (χ2v) is 7.14. The van der Waals surface area contributed by atoms with Gasteiger partial charge < -0.3 is 10.2 Å². The second-order valence-electron chi connectivity index (χ2n) is 4.74. The molecule has 0 atom stereocenters. The van der Waals surface area contributed by atoms with E-state index in [1.807, 2.05) is 6.07 Å². The molecule has 19 heavy (non-hydrogen) atoms. The summed E-state index contributed by atoms with van der Waals surface area (Å²) in [6.07, 6.45) is 0. The fraction of sp³-hybridized carbons (Fsp3) is 0.538. The maximum absolute atomic E-state index is 10.1. The van der Waals surface area contributed by atoms with Gasteiger partial charge in [-0.25, -0.2) is 0 Å². The Balaban J connectivity index is 1.96. The van der Waals surface area contributed by atoms with Gasteiger partial charge in [-0.15, -0.1) is 0 Å². The monoisotopic (exact) mass is 488 g/mol. The highest BCUT2D eigenvalue weighted by atomic mass is 127. The number of aliphatic hydroxyl groups is 1. The summed E-state index contributed by atoms with van der Waals surface area (Å²) >= 11 is 4.46. The van der Waals surface area contributed by atoms with Crippen molar-refractivity contribution in [1.29, 1.82) is 0 Å². The fourth-order valence-corrected chi connectivity index (χ4v) is 4.26. The molecular weight excluding hydrogens is 470 g/mol. The molecule has 1 aromatic carbocycles. The van der Waals surface area contributed by atoms with Gasteiger partial charge in [0.25, 0.3) is 0 Å². The minimum absolute atomic E-state index is 0.232. The normalized spacial score (nSPS) is 17.8. The van der Waals surface area contributed by atoms with E-state index in [-0.39, 0.29) is 6.61 Å². The Morgan fingerprint density at radius 3 is 2.32 bits per heavy atom. The molecule has 1 heterocycles. The standard InChI is InChI=1S/C13H18I2N2O2/c14-11-7-10(13(19)12(15)8-11)9-17-3-1-16(2-4-17)5-6-18/h7-8,18-19H,1-6,9H2. The van der Waals surface area contributed by atoms with E-state index in [9.17, 15) is 5.11 Å². The van der Waals surface area contributed by atoms with Crippen LogP contribution in [0.15, 0.2) is 12.1 Å². The summed E-state index contributed by atoms with van der Waals surface area (Å²) in [7, 11) is 0. The van der Waals surface area contributed by atoms with Gasteiger partial charge in [0.15, 0.2) is 0 Å². The SMILES string of the molecule is OCCN1CCN(Cc2cc(I)cc(I)c2O)CC1. The van der Waals surface area contributed by atoms with Crippen LogP contribution in [0.25, 0.3) is 0 Å². The molecule has 1 aliphatic heterocycles. The summed E-state index contributed by atoms with van der Waals surface area (Å²) in [5.41, 5.74) is 1.01. The minimum Gasteiger partial charge on any atom is -0.507 e. The summed E-state index contributed by atoms with van der Waals surface area (Å²) in [6, 6.07) is 4.04. The van der Waals surface area contributed by atoms with Crippen LogP contribution >= 0.6 is 45.2 Å². The van der Waals surface area contributed by atoms with Gasteiger partial charge in [-0.05, 0) is 57.3 Å². The molecule has 0 radical (unpaired) electrons. The first-order valence-corrected chi connectivity index (χ1v) is 8.48. The van der Waals surface area contributed by atoms with Crippen molar-refractivity contribution in [2.75, 3.05) is 39.3 Å². The van der Waals surface area contributed by atoms with Crippen molar-refractivity contribution < 1.29 is 10.2 Å². The Morgan fingerprint density at radius 1 is 1.05 bits per heavy atom. The van der Waals surface area contributed by atoms with E-state index in [0.717, 1.165) is 52.0 Å². The number of halogens is 2. The summed E-state index contributed by atoms with van der Waals surface area (Å²) in [5.74, 6) is 0.416. The quantitative estimate of drug-likeness (QED) is 0.635. The summed E-state index contributed by atoms with van der Waals surface area (Å²) in [5, 5.41) is 19.0. The highest BCUT2D eigenvalue weighted by Gasteiger charge is 2.18. The van der Waals surface area contributed by atoms with Gasteiger partial charge in [-0.3, -0.25) is 9.80 Å². The number of hydrogen-bond donors (Lipinski definition) is 2. The lowest BCUT2D eigenvalue weighted by Gasteiger charge is -2.34. The first-order valence-electron chi connectivity index (χ1n) is 6.32. The molecular formula is C13H18I2N2O2. The Hall–Kier alpha value is 0.360. The van der Waals surface area contributed by atoms with Crippen molar-refractivity contribution in [2.24, 2.45) is 0 Å². The van der Waals surface area contributed by atoms with Gasteiger partial charge in [0.2, 0.25) is 0 Å². The molecule has 0 saturated carbocycles. The Morgan fingerprint density at radius 2 is 1.68 bits per heavy atom. The highest BCUT2D eigenvalue weighted by molar-refractivity contribution is 14.1. The predicted octanol–water partition coefficient (Wildman–Crippen LogP) is 1.71. The lowest BCUT2D eigenvalue weighted by molar-refractivity contribution is 0.108. The van der Waals surface area contributed by atoms with Gasteiger partial charge >= 0.3 is 0 Å². The summed E-state index contributed by atoms with van der Waals surface area (Å²) in [4.78, 5) is 4.63. The van der Waals surface area contributed by atoms with Crippen LogP contribution in [0.1, 0.15) is 5.56 Å². The van der Waals surface area contributed by atoms with Crippen LogP contribution in [0.5, 0.6) is 5.75 Å². The number of β-amino-alcohol motifs (C(OH)–C–C–N with tert-alkyl or cyclic N) is 1. The maximum atomic E-state index is 10.1. The molecule has 0 spiro atoms. The van der Waals surface area contributed by atoms with Crippen molar-refractivity contribution in [1.82, 2.24) is 9.80 Å². The topological polar surface area (TPSA) is 46.9 Å². The van der Waals surface area contributed by atoms with Crippen LogP contribution in [0.3, 0.4) is 0 Å². The average Bonchev–Trinajstić information content (AvgIpc) is 2.38.